The van der Waals surface area contributed by atoms with Crippen molar-refractivity contribution in [3.05, 3.63) is 53.1 Å². The van der Waals surface area contributed by atoms with Crippen molar-refractivity contribution in [1.29, 1.82) is 0 Å². The highest BCUT2D eigenvalue weighted by Crippen LogP contribution is 2.43. The third-order valence-corrected chi connectivity index (χ3v) is 7.95. The molecule has 0 bridgehead atoms. The Morgan fingerprint density at radius 1 is 0.744 bits per heavy atom. The molecule has 220 valence electrons. The van der Waals surface area contributed by atoms with Crippen molar-refractivity contribution in [3.63, 3.8) is 0 Å². The average Bonchev–Trinajstić information content (AvgIpc) is 2.82. The molecular weight excluding hydrogens is 516 g/mol. The molecule has 39 heavy (non-hydrogen) atoms. The van der Waals surface area contributed by atoms with Gasteiger partial charge in [-0.05, 0) is 65.5 Å². The van der Waals surface area contributed by atoms with Gasteiger partial charge in [0.25, 0.3) is 0 Å². The predicted octanol–water partition coefficient (Wildman–Crippen LogP) is 6.01. The molecular formula is C31H48O7S. The number of benzene rings is 2. The van der Waals surface area contributed by atoms with Gasteiger partial charge in [-0.15, -0.1) is 0 Å². The predicted molar refractivity (Wildman–Crippen MR) is 156 cm³/mol. The average molecular weight is 565 g/mol. The molecule has 8 heteroatoms. The highest BCUT2D eigenvalue weighted by Gasteiger charge is 2.33. The molecule has 0 aromatic heterocycles. The zero-order chi connectivity index (χ0) is 29.8. The lowest BCUT2D eigenvalue weighted by atomic mass is 9.70. The second-order valence-electron chi connectivity index (χ2n) is 12.6. The summed E-state index contributed by atoms with van der Waals surface area (Å²) in [5.74, 6) is 1.30. The van der Waals surface area contributed by atoms with E-state index in [0.29, 0.717) is 17.2 Å². The molecule has 0 aliphatic heterocycles. The van der Waals surface area contributed by atoms with E-state index in [0.717, 1.165) is 35.8 Å². The Bertz CT molecular complexity index is 1200. The van der Waals surface area contributed by atoms with Crippen LogP contribution in [0.15, 0.2) is 36.4 Å². The van der Waals surface area contributed by atoms with Crippen molar-refractivity contribution in [2.24, 2.45) is 10.8 Å². The van der Waals surface area contributed by atoms with Crippen molar-refractivity contribution in [3.8, 4) is 17.2 Å². The summed E-state index contributed by atoms with van der Waals surface area (Å²) >= 11 is 0. The largest absolute Gasteiger partial charge is 0.487 e. The van der Waals surface area contributed by atoms with Crippen LogP contribution in [0.25, 0.3) is 0 Å². The van der Waals surface area contributed by atoms with Crippen molar-refractivity contribution < 1.29 is 32.3 Å². The summed E-state index contributed by atoms with van der Waals surface area (Å²) in [7, 11) is -3.64. The number of hydrogen-bond donors (Lipinski definition) is 2. The van der Waals surface area contributed by atoms with Gasteiger partial charge in [0.1, 0.15) is 19.0 Å². The Kier molecular flexibility index (Phi) is 10.5. The molecule has 0 spiro atoms. The third-order valence-electron chi connectivity index (χ3n) is 7.46. The van der Waals surface area contributed by atoms with Gasteiger partial charge in [0, 0.05) is 5.41 Å². The SMILES string of the molecule is CCC(CC)(c1ccc(OS(C)(=O)=O)c(C)c1)c1ccc(OCC(O)C(C)(C)C)c(OCC(O)C(C)(C)C)c1. The minimum absolute atomic E-state index is 0.0903. The maximum Gasteiger partial charge on any atom is 0.306 e. The maximum atomic E-state index is 11.7. The van der Waals surface area contributed by atoms with Gasteiger partial charge in [-0.25, -0.2) is 0 Å². The molecule has 0 heterocycles. The molecule has 0 aliphatic carbocycles. The summed E-state index contributed by atoms with van der Waals surface area (Å²) in [6, 6.07) is 11.4. The van der Waals surface area contributed by atoms with Gasteiger partial charge in [-0.3, -0.25) is 0 Å². The van der Waals surface area contributed by atoms with Crippen LogP contribution in [-0.4, -0.2) is 50.3 Å². The quantitative estimate of drug-likeness (QED) is 0.304. The van der Waals surface area contributed by atoms with Gasteiger partial charge in [0.2, 0.25) is 0 Å². The van der Waals surface area contributed by atoms with Gasteiger partial charge in [-0.2, -0.15) is 8.42 Å². The minimum Gasteiger partial charge on any atom is -0.487 e. The molecule has 0 saturated carbocycles. The van der Waals surface area contributed by atoms with E-state index in [-0.39, 0.29) is 24.0 Å². The fourth-order valence-electron chi connectivity index (χ4n) is 4.31. The Balaban J connectivity index is 2.55. The first-order valence-electron chi connectivity index (χ1n) is 13.6. The van der Waals surface area contributed by atoms with Crippen LogP contribution in [0.3, 0.4) is 0 Å². The molecule has 2 atom stereocenters. The van der Waals surface area contributed by atoms with E-state index in [1.807, 2.05) is 78.8 Å². The molecule has 2 unspecified atom stereocenters. The van der Waals surface area contributed by atoms with Gasteiger partial charge >= 0.3 is 10.1 Å². The molecule has 2 aromatic rings. The summed E-state index contributed by atoms with van der Waals surface area (Å²) in [5.41, 5.74) is 1.68. The molecule has 2 rings (SSSR count). The number of ether oxygens (including phenoxy) is 2. The van der Waals surface area contributed by atoms with E-state index in [2.05, 4.69) is 13.8 Å². The van der Waals surface area contributed by atoms with Crippen LogP contribution in [0.1, 0.15) is 84.9 Å². The van der Waals surface area contributed by atoms with Gasteiger partial charge < -0.3 is 23.9 Å². The number of aryl methyl sites for hydroxylation is 1. The zero-order valence-corrected chi connectivity index (χ0v) is 26.1. The highest BCUT2D eigenvalue weighted by molar-refractivity contribution is 7.86. The first-order valence-corrected chi connectivity index (χ1v) is 15.4. The summed E-state index contributed by atoms with van der Waals surface area (Å²) in [6.07, 6.45) is 1.22. The normalized spacial score (nSPS) is 14.6. The van der Waals surface area contributed by atoms with Crippen molar-refractivity contribution in [1.82, 2.24) is 0 Å². The summed E-state index contributed by atoms with van der Waals surface area (Å²) in [6.45, 7) is 18.0. The van der Waals surface area contributed by atoms with E-state index in [4.69, 9.17) is 13.7 Å². The fraction of sp³-hybridized carbons (Fsp3) is 0.613. The van der Waals surface area contributed by atoms with Crippen LogP contribution in [-0.2, 0) is 15.5 Å². The van der Waals surface area contributed by atoms with Crippen LogP contribution in [0.2, 0.25) is 0 Å². The number of aliphatic hydroxyl groups is 2. The van der Waals surface area contributed by atoms with Crippen LogP contribution in [0.4, 0.5) is 0 Å². The number of hydrogen-bond acceptors (Lipinski definition) is 7. The van der Waals surface area contributed by atoms with Crippen molar-refractivity contribution in [2.45, 2.75) is 92.8 Å². The van der Waals surface area contributed by atoms with Crippen LogP contribution < -0.4 is 13.7 Å². The molecule has 0 fully saturated rings. The molecule has 2 N–H and O–H groups in total. The van der Waals surface area contributed by atoms with Gasteiger partial charge in [0.15, 0.2) is 11.5 Å². The molecule has 0 amide bonds. The molecule has 2 aromatic carbocycles. The standard InChI is InChI=1S/C31H48O7S/c1-11-31(12-2,22-13-15-24(21(3)17-22)38-39(10,34)35)23-14-16-25(36-19-27(32)29(4,5)6)26(18-23)37-20-28(33)30(7,8)9/h13-18,27-28,32-33H,11-12,19-20H2,1-10H3. The lowest BCUT2D eigenvalue weighted by molar-refractivity contribution is 0.0136. The first kappa shape index (κ1) is 32.9. The molecule has 0 saturated heterocycles. The number of rotatable bonds is 12. The van der Waals surface area contributed by atoms with Crippen LogP contribution in [0, 0.1) is 17.8 Å². The van der Waals surface area contributed by atoms with Gasteiger partial charge in [0.05, 0.1) is 18.5 Å². The van der Waals surface area contributed by atoms with E-state index >= 15 is 0 Å². The van der Waals surface area contributed by atoms with Gasteiger partial charge in [-0.1, -0.05) is 73.6 Å². The highest BCUT2D eigenvalue weighted by atomic mass is 32.2. The van der Waals surface area contributed by atoms with Crippen LogP contribution >= 0.6 is 0 Å². The zero-order valence-electron chi connectivity index (χ0n) is 25.3. The van der Waals surface area contributed by atoms with E-state index in [9.17, 15) is 18.6 Å². The summed E-state index contributed by atoms with van der Waals surface area (Å²) in [5, 5.41) is 21.2. The Labute approximate surface area is 235 Å². The molecule has 0 aliphatic rings. The second-order valence-corrected chi connectivity index (χ2v) is 14.2. The second kappa shape index (κ2) is 12.5. The summed E-state index contributed by atoms with van der Waals surface area (Å²) in [4.78, 5) is 0. The van der Waals surface area contributed by atoms with E-state index < -0.39 is 27.7 Å². The van der Waals surface area contributed by atoms with Crippen molar-refractivity contribution in [2.75, 3.05) is 19.5 Å². The monoisotopic (exact) mass is 564 g/mol. The Hall–Kier alpha value is -2.29. The maximum absolute atomic E-state index is 11.7. The van der Waals surface area contributed by atoms with Crippen LogP contribution in [0.5, 0.6) is 17.2 Å². The lowest BCUT2D eigenvalue weighted by Gasteiger charge is -2.34. The molecule has 0 radical (unpaired) electrons. The smallest absolute Gasteiger partial charge is 0.306 e. The Morgan fingerprint density at radius 3 is 1.59 bits per heavy atom. The summed E-state index contributed by atoms with van der Waals surface area (Å²) < 4.78 is 40.7. The van der Waals surface area contributed by atoms with E-state index in [1.54, 1.807) is 6.07 Å². The van der Waals surface area contributed by atoms with Crippen molar-refractivity contribution >= 4 is 10.1 Å². The topological polar surface area (TPSA) is 102 Å². The number of aliphatic hydroxyl groups excluding tert-OH is 2. The molecule has 7 nitrogen and oxygen atoms in total. The lowest BCUT2D eigenvalue weighted by Crippen LogP contribution is -2.33. The Morgan fingerprint density at radius 2 is 1.18 bits per heavy atom. The fourth-order valence-corrected chi connectivity index (χ4v) is 4.83. The first-order chi connectivity index (χ1) is 17.8. The third kappa shape index (κ3) is 8.60. The van der Waals surface area contributed by atoms with E-state index in [1.165, 1.54) is 0 Å². The minimum atomic E-state index is -3.64.